The van der Waals surface area contributed by atoms with E-state index < -0.39 is 0 Å². The number of guanidine groups is 1. The number of rotatable bonds is 4. The van der Waals surface area contributed by atoms with Crippen molar-refractivity contribution in [1.82, 2.24) is 30.3 Å². The molecule has 2 aliphatic rings. The van der Waals surface area contributed by atoms with E-state index in [1.54, 1.807) is 11.0 Å². The van der Waals surface area contributed by atoms with Crippen molar-refractivity contribution in [1.29, 1.82) is 0 Å². The van der Waals surface area contributed by atoms with E-state index in [0.29, 0.717) is 13.0 Å². The van der Waals surface area contributed by atoms with Crippen LogP contribution in [0.3, 0.4) is 0 Å². The molecule has 0 bridgehead atoms. The highest BCUT2D eigenvalue weighted by molar-refractivity contribution is 5.81. The number of amides is 1. The zero-order valence-corrected chi connectivity index (χ0v) is 16.3. The van der Waals surface area contributed by atoms with Crippen LogP contribution < -0.4 is 10.6 Å². The molecule has 1 unspecified atom stereocenters. The number of aromatic nitrogens is 3. The number of benzene rings is 1. The van der Waals surface area contributed by atoms with E-state index >= 15 is 0 Å². The highest BCUT2D eigenvalue weighted by Crippen LogP contribution is 2.36. The Balaban J connectivity index is 1.49. The Kier molecular flexibility index (Phi) is 5.27. The molecule has 3 heterocycles. The number of nitrogens with one attached hydrogen (secondary N) is 2. The van der Waals surface area contributed by atoms with Crippen molar-refractivity contribution in [2.75, 3.05) is 26.2 Å². The van der Waals surface area contributed by atoms with E-state index in [0.717, 1.165) is 56.2 Å². The molecule has 4 rings (SSSR count). The minimum atomic E-state index is 0.0541. The molecule has 28 heavy (non-hydrogen) atoms. The van der Waals surface area contributed by atoms with Crippen LogP contribution in [0.2, 0.25) is 0 Å². The fourth-order valence-corrected chi connectivity index (χ4v) is 4.16. The molecule has 148 valence electrons. The van der Waals surface area contributed by atoms with Gasteiger partial charge in [0, 0.05) is 38.0 Å². The molecular formula is C20H27N7O. The normalized spacial score (nSPS) is 22.5. The third-order valence-electron chi connectivity index (χ3n) is 5.50. The maximum atomic E-state index is 11.8. The molecule has 2 N–H and O–H groups in total. The van der Waals surface area contributed by atoms with Crippen LogP contribution in [-0.4, -0.2) is 57.7 Å². The quantitative estimate of drug-likeness (QED) is 0.616. The molecule has 2 aromatic rings. The number of carbonyl (C=O) groups is 1. The molecule has 1 amide bonds. The second-order valence-corrected chi connectivity index (χ2v) is 7.66. The lowest BCUT2D eigenvalue weighted by Gasteiger charge is -2.40. The third kappa shape index (κ3) is 4.00. The van der Waals surface area contributed by atoms with Gasteiger partial charge in [0.25, 0.3) is 0 Å². The Labute approximate surface area is 165 Å². The molecule has 1 atom stereocenters. The summed E-state index contributed by atoms with van der Waals surface area (Å²) in [6.45, 7) is 6.12. The van der Waals surface area contributed by atoms with E-state index in [4.69, 9.17) is 4.99 Å². The van der Waals surface area contributed by atoms with Crippen molar-refractivity contribution >= 4 is 11.9 Å². The van der Waals surface area contributed by atoms with Crippen LogP contribution in [0.1, 0.15) is 31.7 Å². The Hall–Kier alpha value is -2.90. The first-order valence-corrected chi connectivity index (χ1v) is 9.91. The molecule has 2 fully saturated rings. The van der Waals surface area contributed by atoms with Gasteiger partial charge in [0.15, 0.2) is 5.96 Å². The van der Waals surface area contributed by atoms with Gasteiger partial charge in [-0.05, 0) is 37.5 Å². The molecular weight excluding hydrogens is 354 g/mol. The SMILES string of the molecule is CCNC(=NCc1cccc(-n2cncn2)c1)N1CCCC2(CNC(=O)C2)C1. The predicted molar refractivity (Wildman–Crippen MR) is 107 cm³/mol. The van der Waals surface area contributed by atoms with E-state index in [-0.39, 0.29) is 11.3 Å². The number of nitrogens with zero attached hydrogens (tertiary/aromatic N) is 5. The Morgan fingerprint density at radius 1 is 1.43 bits per heavy atom. The summed E-state index contributed by atoms with van der Waals surface area (Å²) in [7, 11) is 0. The molecule has 1 aromatic heterocycles. The molecule has 8 nitrogen and oxygen atoms in total. The smallest absolute Gasteiger partial charge is 0.220 e. The summed E-state index contributed by atoms with van der Waals surface area (Å²) in [5.41, 5.74) is 2.15. The number of hydrogen-bond donors (Lipinski definition) is 2. The molecule has 2 aliphatic heterocycles. The monoisotopic (exact) mass is 381 g/mol. The lowest BCUT2D eigenvalue weighted by Crippen LogP contribution is -2.51. The molecule has 8 heteroatoms. The highest BCUT2D eigenvalue weighted by Gasteiger charge is 2.42. The van der Waals surface area contributed by atoms with E-state index in [9.17, 15) is 4.79 Å². The van der Waals surface area contributed by atoms with Crippen LogP contribution in [0.15, 0.2) is 41.9 Å². The first kappa shape index (κ1) is 18.5. The fraction of sp³-hybridized carbons (Fsp3) is 0.500. The van der Waals surface area contributed by atoms with Gasteiger partial charge < -0.3 is 15.5 Å². The van der Waals surface area contributed by atoms with E-state index in [2.05, 4.69) is 44.7 Å². The second kappa shape index (κ2) is 8.00. The maximum Gasteiger partial charge on any atom is 0.220 e. The van der Waals surface area contributed by atoms with Gasteiger partial charge in [0.1, 0.15) is 12.7 Å². The summed E-state index contributed by atoms with van der Waals surface area (Å²) >= 11 is 0. The third-order valence-corrected chi connectivity index (χ3v) is 5.50. The number of carbonyl (C=O) groups excluding carboxylic acids is 1. The Morgan fingerprint density at radius 3 is 3.11 bits per heavy atom. The molecule has 0 radical (unpaired) electrons. The van der Waals surface area contributed by atoms with Crippen molar-refractivity contribution < 1.29 is 4.79 Å². The zero-order chi connectivity index (χ0) is 19.4. The first-order chi connectivity index (χ1) is 13.7. The van der Waals surface area contributed by atoms with Crippen LogP contribution in [0, 0.1) is 5.41 Å². The van der Waals surface area contributed by atoms with Gasteiger partial charge in [0.05, 0.1) is 12.2 Å². The summed E-state index contributed by atoms with van der Waals surface area (Å²) in [5.74, 6) is 1.10. The Morgan fingerprint density at radius 2 is 2.36 bits per heavy atom. The summed E-state index contributed by atoms with van der Waals surface area (Å²) in [4.78, 5) is 23.0. The lowest BCUT2D eigenvalue weighted by atomic mass is 9.79. The van der Waals surface area contributed by atoms with Gasteiger partial charge in [-0.1, -0.05) is 12.1 Å². The largest absolute Gasteiger partial charge is 0.357 e. The van der Waals surface area contributed by atoms with Gasteiger partial charge in [0.2, 0.25) is 5.91 Å². The molecule has 1 spiro atoms. The lowest BCUT2D eigenvalue weighted by molar-refractivity contribution is -0.119. The molecule has 2 saturated heterocycles. The summed E-state index contributed by atoms with van der Waals surface area (Å²) in [6.07, 6.45) is 6.03. The standard InChI is InChI=1S/C20H27N7O/c1-2-22-19(26-8-4-7-20(13-26)10-18(28)24-12-20)23-11-16-5-3-6-17(9-16)27-15-21-14-25-27/h3,5-6,9,14-15H,2,4,7-8,10-13H2,1H3,(H,22,23)(H,24,28). The average molecular weight is 381 g/mol. The molecule has 0 saturated carbocycles. The number of aliphatic imine (C=N–C) groups is 1. The zero-order valence-electron chi connectivity index (χ0n) is 16.3. The second-order valence-electron chi connectivity index (χ2n) is 7.66. The highest BCUT2D eigenvalue weighted by atomic mass is 16.1. The van der Waals surface area contributed by atoms with Gasteiger partial charge in [-0.2, -0.15) is 5.10 Å². The topological polar surface area (TPSA) is 87.4 Å². The van der Waals surface area contributed by atoms with Crippen LogP contribution >= 0.6 is 0 Å². The summed E-state index contributed by atoms with van der Waals surface area (Å²) in [6, 6.07) is 8.18. The van der Waals surface area contributed by atoms with Crippen molar-refractivity contribution in [3.05, 3.63) is 42.5 Å². The van der Waals surface area contributed by atoms with Gasteiger partial charge >= 0.3 is 0 Å². The van der Waals surface area contributed by atoms with Crippen LogP contribution in [0.4, 0.5) is 0 Å². The van der Waals surface area contributed by atoms with Crippen molar-refractivity contribution in [2.45, 2.75) is 32.7 Å². The number of hydrogen-bond acceptors (Lipinski definition) is 4. The van der Waals surface area contributed by atoms with Crippen molar-refractivity contribution in [3.8, 4) is 5.69 Å². The van der Waals surface area contributed by atoms with Crippen molar-refractivity contribution in [3.63, 3.8) is 0 Å². The average Bonchev–Trinajstić information content (AvgIpc) is 3.36. The maximum absolute atomic E-state index is 11.8. The number of likely N-dealkylation sites (tertiary alicyclic amines) is 1. The minimum Gasteiger partial charge on any atom is -0.357 e. The van der Waals surface area contributed by atoms with Gasteiger partial charge in [-0.15, -0.1) is 0 Å². The minimum absolute atomic E-state index is 0.0541. The number of piperidine rings is 1. The van der Waals surface area contributed by atoms with Crippen LogP contribution in [-0.2, 0) is 11.3 Å². The van der Waals surface area contributed by atoms with Crippen LogP contribution in [0.5, 0.6) is 0 Å². The predicted octanol–water partition coefficient (Wildman–Crippen LogP) is 1.33. The summed E-state index contributed by atoms with van der Waals surface area (Å²) in [5, 5.41) is 10.6. The molecule has 0 aliphatic carbocycles. The molecule has 1 aromatic carbocycles. The van der Waals surface area contributed by atoms with E-state index in [1.807, 2.05) is 12.1 Å². The van der Waals surface area contributed by atoms with E-state index in [1.165, 1.54) is 6.33 Å². The van der Waals surface area contributed by atoms with Crippen LogP contribution in [0.25, 0.3) is 5.69 Å². The fourth-order valence-electron chi connectivity index (χ4n) is 4.16. The Bertz CT molecular complexity index is 848. The van der Waals surface area contributed by atoms with Crippen molar-refractivity contribution in [2.24, 2.45) is 10.4 Å². The summed E-state index contributed by atoms with van der Waals surface area (Å²) < 4.78 is 1.75. The van der Waals surface area contributed by atoms with Gasteiger partial charge in [-0.3, -0.25) is 4.79 Å². The van der Waals surface area contributed by atoms with Gasteiger partial charge in [-0.25, -0.2) is 14.7 Å². The first-order valence-electron chi connectivity index (χ1n) is 9.91.